The number of carbonyl (C=O) groups is 1. The predicted octanol–water partition coefficient (Wildman–Crippen LogP) is 3.45. The number of hydrogen-bond acceptors (Lipinski definition) is 3. The summed E-state index contributed by atoms with van der Waals surface area (Å²) in [5.74, 6) is 0.457. The zero-order valence-corrected chi connectivity index (χ0v) is 12.1. The van der Waals surface area contributed by atoms with Gasteiger partial charge in [-0.1, -0.05) is 25.3 Å². The minimum absolute atomic E-state index is 0.0239. The van der Waals surface area contributed by atoms with E-state index < -0.39 is 5.97 Å². The molecule has 0 aromatic heterocycles. The first-order valence-electron chi connectivity index (χ1n) is 7.12. The van der Waals surface area contributed by atoms with Crippen LogP contribution in [-0.4, -0.2) is 25.3 Å². The molecule has 0 heterocycles. The highest BCUT2D eigenvalue weighted by Crippen LogP contribution is 2.41. The van der Waals surface area contributed by atoms with Gasteiger partial charge >= 0.3 is 5.97 Å². The number of methoxy groups -OCH3 is 2. The number of benzene rings is 1. The van der Waals surface area contributed by atoms with Crippen molar-refractivity contribution in [2.24, 2.45) is 5.92 Å². The van der Waals surface area contributed by atoms with Gasteiger partial charge in [-0.2, -0.15) is 0 Å². The van der Waals surface area contributed by atoms with Gasteiger partial charge in [-0.3, -0.25) is 4.79 Å². The van der Waals surface area contributed by atoms with Gasteiger partial charge in [-0.15, -0.1) is 0 Å². The molecule has 1 aliphatic rings. The molecule has 4 nitrogen and oxygen atoms in total. The number of aliphatic carboxylic acids is 1. The second-order valence-electron chi connectivity index (χ2n) is 5.30. The molecule has 1 saturated carbocycles. The van der Waals surface area contributed by atoms with Crippen molar-refractivity contribution in [3.05, 3.63) is 23.8 Å². The standard InChI is InChI=1S/C16H22O4/c1-19-11-8-9-13(15(10-11)20-2)12-6-4-3-5-7-14(12)16(17)18/h8-10,12,14H,3-7H2,1-2H3,(H,17,18). The van der Waals surface area contributed by atoms with Gasteiger partial charge in [0.05, 0.1) is 20.1 Å². The highest BCUT2D eigenvalue weighted by atomic mass is 16.5. The van der Waals surface area contributed by atoms with E-state index in [1.54, 1.807) is 14.2 Å². The highest BCUT2D eigenvalue weighted by Gasteiger charge is 2.32. The van der Waals surface area contributed by atoms with Gasteiger partial charge in [-0.25, -0.2) is 0 Å². The molecule has 1 aromatic rings. The monoisotopic (exact) mass is 278 g/mol. The molecule has 1 fully saturated rings. The van der Waals surface area contributed by atoms with E-state index in [-0.39, 0.29) is 11.8 Å². The maximum Gasteiger partial charge on any atom is 0.307 e. The molecule has 0 radical (unpaired) electrons. The Balaban J connectivity index is 2.37. The van der Waals surface area contributed by atoms with Gasteiger partial charge in [0.1, 0.15) is 11.5 Å². The Kier molecular flexibility index (Phi) is 4.88. The Morgan fingerprint density at radius 3 is 2.55 bits per heavy atom. The van der Waals surface area contributed by atoms with Gasteiger partial charge in [0.25, 0.3) is 0 Å². The zero-order chi connectivity index (χ0) is 14.5. The summed E-state index contributed by atoms with van der Waals surface area (Å²) in [7, 11) is 3.23. The van der Waals surface area contributed by atoms with Gasteiger partial charge in [0.15, 0.2) is 0 Å². The van der Waals surface area contributed by atoms with Crippen LogP contribution in [0.2, 0.25) is 0 Å². The molecule has 1 N–H and O–H groups in total. The van der Waals surface area contributed by atoms with Crippen molar-refractivity contribution in [1.82, 2.24) is 0 Å². The molecule has 2 rings (SSSR count). The van der Waals surface area contributed by atoms with Crippen LogP contribution in [0.1, 0.15) is 43.6 Å². The van der Waals surface area contributed by atoms with E-state index in [0.717, 1.165) is 49.2 Å². The summed E-state index contributed by atoms with van der Waals surface area (Å²) in [6, 6.07) is 5.66. The van der Waals surface area contributed by atoms with Crippen LogP contribution in [0.15, 0.2) is 18.2 Å². The number of rotatable bonds is 4. The molecule has 4 heteroatoms. The fraction of sp³-hybridized carbons (Fsp3) is 0.562. The van der Waals surface area contributed by atoms with Crippen molar-refractivity contribution in [2.75, 3.05) is 14.2 Å². The molecule has 110 valence electrons. The minimum Gasteiger partial charge on any atom is -0.497 e. The lowest BCUT2D eigenvalue weighted by molar-refractivity contribution is -0.142. The van der Waals surface area contributed by atoms with Crippen molar-refractivity contribution in [3.8, 4) is 11.5 Å². The minimum atomic E-state index is -0.699. The van der Waals surface area contributed by atoms with Crippen LogP contribution in [0, 0.1) is 5.92 Å². The molecule has 1 aliphatic carbocycles. The predicted molar refractivity (Wildman–Crippen MR) is 76.5 cm³/mol. The number of ether oxygens (including phenoxy) is 2. The van der Waals surface area contributed by atoms with E-state index in [2.05, 4.69) is 0 Å². The van der Waals surface area contributed by atoms with Gasteiger partial charge < -0.3 is 14.6 Å². The number of carboxylic acid groups (broad SMARTS) is 1. The summed E-state index contributed by atoms with van der Waals surface area (Å²) in [4.78, 5) is 11.5. The van der Waals surface area contributed by atoms with Crippen LogP contribution in [-0.2, 0) is 4.79 Å². The molecular weight excluding hydrogens is 256 g/mol. The van der Waals surface area contributed by atoms with Crippen LogP contribution in [0.25, 0.3) is 0 Å². The molecule has 20 heavy (non-hydrogen) atoms. The smallest absolute Gasteiger partial charge is 0.307 e. The van der Waals surface area contributed by atoms with Crippen LogP contribution in [0.3, 0.4) is 0 Å². The highest BCUT2D eigenvalue weighted by molar-refractivity contribution is 5.71. The molecule has 1 aromatic carbocycles. The van der Waals surface area contributed by atoms with E-state index >= 15 is 0 Å². The third kappa shape index (κ3) is 3.06. The molecule has 0 amide bonds. The number of hydrogen-bond donors (Lipinski definition) is 1. The Hall–Kier alpha value is -1.71. The van der Waals surface area contributed by atoms with E-state index in [1.807, 2.05) is 18.2 Å². The third-order valence-electron chi connectivity index (χ3n) is 4.17. The topological polar surface area (TPSA) is 55.8 Å². The normalized spacial score (nSPS) is 22.9. The lowest BCUT2D eigenvalue weighted by Gasteiger charge is -2.24. The first-order valence-corrected chi connectivity index (χ1v) is 7.12. The largest absolute Gasteiger partial charge is 0.497 e. The first kappa shape index (κ1) is 14.7. The third-order valence-corrected chi connectivity index (χ3v) is 4.17. The summed E-state index contributed by atoms with van der Waals surface area (Å²) in [5.41, 5.74) is 0.989. The maximum absolute atomic E-state index is 11.5. The SMILES string of the molecule is COc1ccc(C2CCCCCC2C(=O)O)c(OC)c1. The van der Waals surface area contributed by atoms with E-state index in [9.17, 15) is 9.90 Å². The summed E-state index contributed by atoms with van der Waals surface area (Å²) >= 11 is 0. The first-order chi connectivity index (χ1) is 9.67. The van der Waals surface area contributed by atoms with Crippen molar-refractivity contribution in [1.29, 1.82) is 0 Å². The van der Waals surface area contributed by atoms with Gasteiger partial charge in [-0.05, 0) is 24.5 Å². The maximum atomic E-state index is 11.5. The Labute approximate surface area is 119 Å². The van der Waals surface area contributed by atoms with Crippen LogP contribution >= 0.6 is 0 Å². The average Bonchev–Trinajstić information content (AvgIpc) is 2.72. The fourth-order valence-electron chi connectivity index (χ4n) is 3.10. The van der Waals surface area contributed by atoms with Gasteiger partial charge in [0, 0.05) is 12.0 Å². The molecule has 2 unspecified atom stereocenters. The van der Waals surface area contributed by atoms with E-state index in [0.29, 0.717) is 0 Å². The Morgan fingerprint density at radius 2 is 1.90 bits per heavy atom. The molecule has 0 saturated heterocycles. The second-order valence-corrected chi connectivity index (χ2v) is 5.30. The lowest BCUT2D eigenvalue weighted by Crippen LogP contribution is -2.21. The Bertz CT molecular complexity index is 470. The van der Waals surface area contributed by atoms with Crippen LogP contribution < -0.4 is 9.47 Å². The molecule has 0 spiro atoms. The van der Waals surface area contributed by atoms with Crippen molar-refractivity contribution in [3.63, 3.8) is 0 Å². The molecule has 2 atom stereocenters. The lowest BCUT2D eigenvalue weighted by atomic mass is 9.82. The second kappa shape index (κ2) is 6.64. The van der Waals surface area contributed by atoms with Crippen molar-refractivity contribution < 1.29 is 19.4 Å². The van der Waals surface area contributed by atoms with Crippen molar-refractivity contribution >= 4 is 5.97 Å². The molecule has 0 bridgehead atoms. The zero-order valence-electron chi connectivity index (χ0n) is 12.1. The average molecular weight is 278 g/mol. The molecule has 0 aliphatic heterocycles. The van der Waals surface area contributed by atoms with Crippen LogP contribution in [0.4, 0.5) is 0 Å². The summed E-state index contributed by atoms with van der Waals surface area (Å²) in [6.07, 6.45) is 4.82. The Morgan fingerprint density at radius 1 is 1.15 bits per heavy atom. The van der Waals surface area contributed by atoms with Crippen molar-refractivity contribution in [2.45, 2.75) is 38.0 Å². The quantitative estimate of drug-likeness (QED) is 0.857. The fourth-order valence-corrected chi connectivity index (χ4v) is 3.10. The van der Waals surface area contributed by atoms with Crippen LogP contribution in [0.5, 0.6) is 11.5 Å². The summed E-state index contributed by atoms with van der Waals surface area (Å²) < 4.78 is 10.6. The number of carboxylic acids is 1. The van der Waals surface area contributed by atoms with E-state index in [4.69, 9.17) is 9.47 Å². The summed E-state index contributed by atoms with van der Waals surface area (Å²) in [5, 5.41) is 9.49. The van der Waals surface area contributed by atoms with E-state index in [1.165, 1.54) is 0 Å². The summed E-state index contributed by atoms with van der Waals surface area (Å²) in [6.45, 7) is 0. The molecular formula is C16H22O4. The van der Waals surface area contributed by atoms with Gasteiger partial charge in [0.2, 0.25) is 0 Å².